The SMILES string of the molecule is CC1CN(C)C(C)CC1NCc1cc(Br)ccc1F. The lowest BCUT2D eigenvalue weighted by molar-refractivity contribution is 0.121. The van der Waals surface area contributed by atoms with Crippen molar-refractivity contribution >= 4 is 15.9 Å². The highest BCUT2D eigenvalue weighted by atomic mass is 79.9. The Balaban J connectivity index is 1.96. The van der Waals surface area contributed by atoms with E-state index in [4.69, 9.17) is 0 Å². The van der Waals surface area contributed by atoms with Gasteiger partial charge in [0.15, 0.2) is 0 Å². The molecule has 0 amide bonds. The number of rotatable bonds is 3. The molecular formula is C15H22BrFN2. The van der Waals surface area contributed by atoms with Gasteiger partial charge in [-0.1, -0.05) is 22.9 Å². The Morgan fingerprint density at radius 2 is 2.16 bits per heavy atom. The molecule has 1 aromatic rings. The lowest BCUT2D eigenvalue weighted by atomic mass is 9.89. The van der Waals surface area contributed by atoms with E-state index in [-0.39, 0.29) is 5.82 Å². The summed E-state index contributed by atoms with van der Waals surface area (Å²) in [6.45, 7) is 6.20. The average Bonchev–Trinajstić information content (AvgIpc) is 2.36. The van der Waals surface area contributed by atoms with Crippen molar-refractivity contribution < 1.29 is 4.39 Å². The zero-order valence-electron chi connectivity index (χ0n) is 11.8. The molecule has 1 heterocycles. The molecule has 2 rings (SSSR count). The summed E-state index contributed by atoms with van der Waals surface area (Å²) < 4.78 is 14.6. The van der Waals surface area contributed by atoms with Crippen molar-refractivity contribution in [2.45, 2.75) is 38.9 Å². The smallest absolute Gasteiger partial charge is 0.127 e. The van der Waals surface area contributed by atoms with E-state index in [1.807, 2.05) is 6.07 Å². The van der Waals surface area contributed by atoms with Crippen molar-refractivity contribution in [3.63, 3.8) is 0 Å². The average molecular weight is 329 g/mol. The van der Waals surface area contributed by atoms with Gasteiger partial charge in [-0.2, -0.15) is 0 Å². The minimum atomic E-state index is -0.135. The Bertz CT molecular complexity index is 438. The molecule has 1 aliphatic heterocycles. The van der Waals surface area contributed by atoms with E-state index in [9.17, 15) is 4.39 Å². The normalized spacial score (nSPS) is 28.6. The number of piperidine rings is 1. The first-order valence-electron chi connectivity index (χ1n) is 6.85. The summed E-state index contributed by atoms with van der Waals surface area (Å²) in [6.07, 6.45) is 1.12. The molecule has 0 saturated carbocycles. The Hall–Kier alpha value is -0.450. The lowest BCUT2D eigenvalue weighted by Gasteiger charge is -2.40. The molecular weight excluding hydrogens is 307 g/mol. The van der Waals surface area contributed by atoms with Gasteiger partial charge in [-0.25, -0.2) is 4.39 Å². The van der Waals surface area contributed by atoms with Crippen LogP contribution < -0.4 is 5.32 Å². The number of halogens is 2. The number of benzene rings is 1. The molecule has 0 aliphatic carbocycles. The first-order chi connectivity index (χ1) is 8.97. The van der Waals surface area contributed by atoms with Crippen molar-refractivity contribution in [2.75, 3.05) is 13.6 Å². The molecule has 3 atom stereocenters. The maximum atomic E-state index is 13.7. The highest BCUT2D eigenvalue weighted by molar-refractivity contribution is 9.10. The third-order valence-corrected chi connectivity index (χ3v) is 4.67. The fourth-order valence-electron chi connectivity index (χ4n) is 2.75. The van der Waals surface area contributed by atoms with Gasteiger partial charge in [0, 0.05) is 35.2 Å². The van der Waals surface area contributed by atoms with Crippen LogP contribution in [-0.2, 0) is 6.54 Å². The quantitative estimate of drug-likeness (QED) is 0.914. The van der Waals surface area contributed by atoms with Crippen molar-refractivity contribution in [1.29, 1.82) is 0 Å². The third-order valence-electron chi connectivity index (χ3n) is 4.17. The Kier molecular flexibility index (Phi) is 4.98. The van der Waals surface area contributed by atoms with Crippen molar-refractivity contribution in [1.82, 2.24) is 10.2 Å². The molecule has 0 spiro atoms. The highest BCUT2D eigenvalue weighted by Gasteiger charge is 2.28. The van der Waals surface area contributed by atoms with Crippen LogP contribution in [0, 0.1) is 11.7 Å². The molecule has 106 valence electrons. The summed E-state index contributed by atoms with van der Waals surface area (Å²) in [5.74, 6) is 0.459. The Labute approximate surface area is 123 Å². The predicted octanol–water partition coefficient (Wildman–Crippen LogP) is 3.41. The number of nitrogens with one attached hydrogen (secondary N) is 1. The first-order valence-corrected chi connectivity index (χ1v) is 7.64. The van der Waals surface area contributed by atoms with Gasteiger partial charge in [0.25, 0.3) is 0 Å². The van der Waals surface area contributed by atoms with Crippen molar-refractivity contribution in [3.8, 4) is 0 Å². The topological polar surface area (TPSA) is 15.3 Å². The minimum absolute atomic E-state index is 0.135. The minimum Gasteiger partial charge on any atom is -0.309 e. The van der Waals surface area contributed by atoms with Crippen LogP contribution in [0.4, 0.5) is 4.39 Å². The molecule has 3 unspecified atom stereocenters. The number of likely N-dealkylation sites (tertiary alicyclic amines) is 1. The van der Waals surface area contributed by atoms with Crippen LogP contribution in [0.25, 0.3) is 0 Å². The maximum Gasteiger partial charge on any atom is 0.127 e. The summed E-state index contributed by atoms with van der Waals surface area (Å²) in [7, 11) is 2.17. The van der Waals surface area contributed by atoms with Gasteiger partial charge in [0.05, 0.1) is 0 Å². The van der Waals surface area contributed by atoms with Gasteiger partial charge in [-0.15, -0.1) is 0 Å². The molecule has 0 bridgehead atoms. The second kappa shape index (κ2) is 6.33. The molecule has 1 aromatic carbocycles. The van der Waals surface area contributed by atoms with Gasteiger partial charge in [0.1, 0.15) is 5.82 Å². The Morgan fingerprint density at radius 1 is 1.42 bits per heavy atom. The third kappa shape index (κ3) is 3.77. The van der Waals surface area contributed by atoms with Gasteiger partial charge < -0.3 is 10.2 Å². The molecule has 2 nitrogen and oxygen atoms in total. The zero-order valence-corrected chi connectivity index (χ0v) is 13.4. The second-order valence-electron chi connectivity index (χ2n) is 5.72. The molecule has 1 saturated heterocycles. The molecule has 19 heavy (non-hydrogen) atoms. The van der Waals surface area contributed by atoms with Crippen molar-refractivity contribution in [3.05, 3.63) is 34.1 Å². The van der Waals surface area contributed by atoms with Crippen LogP contribution in [0.5, 0.6) is 0 Å². The first kappa shape index (κ1) is 14.9. The second-order valence-corrected chi connectivity index (χ2v) is 6.64. The van der Waals surface area contributed by atoms with Gasteiger partial charge >= 0.3 is 0 Å². The molecule has 0 aromatic heterocycles. The predicted molar refractivity (Wildman–Crippen MR) is 80.6 cm³/mol. The summed E-state index contributed by atoms with van der Waals surface area (Å²) in [5, 5.41) is 3.52. The molecule has 4 heteroatoms. The van der Waals surface area contributed by atoms with E-state index in [0.717, 1.165) is 23.0 Å². The standard InChI is InChI=1S/C15H22BrFN2/c1-10-9-19(3)11(2)6-15(10)18-8-12-7-13(16)4-5-14(12)17/h4-5,7,10-11,15,18H,6,8-9H2,1-3H3. The fourth-order valence-corrected chi connectivity index (χ4v) is 3.15. The van der Waals surface area contributed by atoms with Gasteiger partial charge in [-0.05, 0) is 44.5 Å². The van der Waals surface area contributed by atoms with Gasteiger partial charge in [-0.3, -0.25) is 0 Å². The summed E-state index contributed by atoms with van der Waals surface area (Å²) in [6, 6.07) is 6.15. The zero-order chi connectivity index (χ0) is 14.0. The van der Waals surface area contributed by atoms with E-state index >= 15 is 0 Å². The molecule has 1 fully saturated rings. The van der Waals surface area contributed by atoms with Crippen molar-refractivity contribution in [2.24, 2.45) is 5.92 Å². The van der Waals surface area contributed by atoms with Crippen LogP contribution in [0.15, 0.2) is 22.7 Å². The summed E-state index contributed by atoms with van der Waals surface area (Å²) in [5.41, 5.74) is 0.730. The highest BCUT2D eigenvalue weighted by Crippen LogP contribution is 2.22. The van der Waals surface area contributed by atoms with E-state index in [0.29, 0.717) is 24.5 Å². The van der Waals surface area contributed by atoms with E-state index in [1.165, 1.54) is 6.07 Å². The van der Waals surface area contributed by atoms with Crippen LogP contribution >= 0.6 is 15.9 Å². The Morgan fingerprint density at radius 3 is 2.89 bits per heavy atom. The van der Waals surface area contributed by atoms with Crippen LogP contribution in [0.3, 0.4) is 0 Å². The van der Waals surface area contributed by atoms with Crippen LogP contribution in [0.2, 0.25) is 0 Å². The monoisotopic (exact) mass is 328 g/mol. The maximum absolute atomic E-state index is 13.7. The summed E-state index contributed by atoms with van der Waals surface area (Å²) in [4.78, 5) is 2.39. The lowest BCUT2D eigenvalue weighted by Crippen LogP contribution is -2.50. The van der Waals surface area contributed by atoms with Crippen LogP contribution in [0.1, 0.15) is 25.8 Å². The summed E-state index contributed by atoms with van der Waals surface area (Å²) >= 11 is 3.39. The molecule has 1 aliphatic rings. The number of hydrogen-bond acceptors (Lipinski definition) is 2. The number of nitrogens with zero attached hydrogens (tertiary/aromatic N) is 1. The van der Waals surface area contributed by atoms with E-state index in [1.54, 1.807) is 6.07 Å². The molecule has 0 radical (unpaired) electrons. The largest absolute Gasteiger partial charge is 0.309 e. The number of hydrogen-bond donors (Lipinski definition) is 1. The fraction of sp³-hybridized carbons (Fsp3) is 0.600. The van der Waals surface area contributed by atoms with Gasteiger partial charge in [0.2, 0.25) is 0 Å². The molecule has 1 N–H and O–H groups in total. The van der Waals surface area contributed by atoms with Crippen LogP contribution in [-0.4, -0.2) is 30.6 Å². The van der Waals surface area contributed by atoms with E-state index < -0.39 is 0 Å². The van der Waals surface area contributed by atoms with E-state index in [2.05, 4.69) is 47.0 Å².